The molecule has 2 heterocycles. The van der Waals surface area contributed by atoms with E-state index in [1.807, 2.05) is 48.7 Å². The summed E-state index contributed by atoms with van der Waals surface area (Å²) in [4.78, 5) is 28.3. The van der Waals surface area contributed by atoms with E-state index in [0.29, 0.717) is 10.5 Å². The van der Waals surface area contributed by atoms with Crippen LogP contribution in [-0.2, 0) is 9.59 Å². The van der Waals surface area contributed by atoms with Crippen molar-refractivity contribution < 1.29 is 9.59 Å². The van der Waals surface area contributed by atoms with Crippen molar-refractivity contribution in [2.24, 2.45) is 0 Å². The van der Waals surface area contributed by atoms with Gasteiger partial charge in [-0.05, 0) is 48.2 Å². The number of hydrogen-bond acceptors (Lipinski definition) is 4. The molecule has 140 valence electrons. The Morgan fingerprint density at radius 1 is 0.964 bits per heavy atom. The second kappa shape index (κ2) is 7.43. The number of anilines is 2. The fourth-order valence-corrected chi connectivity index (χ4v) is 4.19. The van der Waals surface area contributed by atoms with Crippen LogP contribution in [0.5, 0.6) is 0 Å². The minimum atomic E-state index is -0.473. The van der Waals surface area contributed by atoms with E-state index in [-0.39, 0.29) is 21.4 Å². The molecule has 7 heteroatoms. The highest BCUT2D eigenvalue weighted by molar-refractivity contribution is 7.11. The van der Waals surface area contributed by atoms with Crippen molar-refractivity contribution >= 4 is 63.3 Å². The number of nitrogens with zero attached hydrogens (tertiary/aromatic N) is 1. The van der Waals surface area contributed by atoms with Crippen molar-refractivity contribution in [2.75, 3.05) is 10.2 Å². The van der Waals surface area contributed by atoms with Crippen LogP contribution in [-0.4, -0.2) is 11.8 Å². The van der Waals surface area contributed by atoms with Crippen LogP contribution >= 0.6 is 34.5 Å². The quantitative estimate of drug-likeness (QED) is 0.537. The molecule has 2 amide bonds. The number of imide groups is 1. The van der Waals surface area contributed by atoms with E-state index < -0.39 is 11.8 Å². The number of aryl methyl sites for hydroxylation is 1. The van der Waals surface area contributed by atoms with Gasteiger partial charge in [-0.25, -0.2) is 4.90 Å². The molecule has 1 aliphatic rings. The van der Waals surface area contributed by atoms with Crippen LogP contribution in [0, 0.1) is 6.92 Å². The fourth-order valence-electron chi connectivity index (χ4n) is 3.05. The monoisotopic (exact) mass is 428 g/mol. The van der Waals surface area contributed by atoms with E-state index in [9.17, 15) is 9.59 Å². The predicted octanol–water partition coefficient (Wildman–Crippen LogP) is 5.76. The summed E-state index contributed by atoms with van der Waals surface area (Å²) >= 11 is 13.8. The van der Waals surface area contributed by atoms with Gasteiger partial charge in [0.2, 0.25) is 0 Å². The molecule has 1 aromatic heterocycles. The summed E-state index contributed by atoms with van der Waals surface area (Å²) in [7, 11) is 0. The highest BCUT2D eigenvalue weighted by Crippen LogP contribution is 2.40. The molecule has 0 spiro atoms. The van der Waals surface area contributed by atoms with Crippen molar-refractivity contribution in [1.29, 1.82) is 0 Å². The lowest BCUT2D eigenvalue weighted by Crippen LogP contribution is -2.32. The third-order valence-corrected chi connectivity index (χ3v) is 6.01. The Bertz CT molecular complexity index is 1120. The van der Waals surface area contributed by atoms with E-state index >= 15 is 0 Å². The minimum absolute atomic E-state index is 0.160. The molecule has 3 aromatic rings. The Hall–Kier alpha value is -2.60. The Morgan fingerprint density at radius 3 is 2.46 bits per heavy atom. The van der Waals surface area contributed by atoms with E-state index in [0.717, 1.165) is 16.2 Å². The number of amides is 2. The van der Waals surface area contributed by atoms with Crippen LogP contribution in [0.2, 0.25) is 10.0 Å². The maximum atomic E-state index is 13.3. The first-order valence-corrected chi connectivity index (χ1v) is 10.1. The SMILES string of the molecule is Cc1cccc(NC2=C(c3cccs3)C(=O)N(c3cccc(Cl)c3Cl)C2=O)c1. The Morgan fingerprint density at radius 2 is 1.75 bits per heavy atom. The molecule has 4 nitrogen and oxygen atoms in total. The molecule has 2 aromatic carbocycles. The zero-order valence-electron chi connectivity index (χ0n) is 14.7. The maximum absolute atomic E-state index is 13.3. The van der Waals surface area contributed by atoms with Crippen molar-refractivity contribution in [3.05, 3.63) is 86.2 Å². The number of nitrogens with one attached hydrogen (secondary N) is 1. The second-order valence-electron chi connectivity index (χ2n) is 6.24. The Labute approximate surface area is 176 Å². The molecule has 0 saturated heterocycles. The van der Waals surface area contributed by atoms with Gasteiger partial charge in [-0.15, -0.1) is 11.3 Å². The first-order valence-electron chi connectivity index (χ1n) is 8.42. The van der Waals surface area contributed by atoms with E-state index in [1.54, 1.807) is 18.2 Å². The average molecular weight is 429 g/mol. The smallest absolute Gasteiger partial charge is 0.282 e. The van der Waals surface area contributed by atoms with Gasteiger partial charge in [0.1, 0.15) is 5.70 Å². The molecule has 0 radical (unpaired) electrons. The molecule has 0 unspecified atom stereocenters. The largest absolute Gasteiger partial charge is 0.350 e. The van der Waals surface area contributed by atoms with Gasteiger partial charge in [0.05, 0.1) is 21.3 Å². The highest BCUT2D eigenvalue weighted by atomic mass is 35.5. The number of hydrogen-bond donors (Lipinski definition) is 1. The molecular formula is C21H14Cl2N2O2S. The molecule has 0 fully saturated rings. The van der Waals surface area contributed by atoms with Gasteiger partial charge in [0, 0.05) is 10.6 Å². The highest BCUT2D eigenvalue weighted by Gasteiger charge is 2.41. The topological polar surface area (TPSA) is 49.4 Å². The molecule has 1 N–H and O–H groups in total. The van der Waals surface area contributed by atoms with Crippen LogP contribution in [0.3, 0.4) is 0 Å². The maximum Gasteiger partial charge on any atom is 0.282 e. The van der Waals surface area contributed by atoms with E-state index in [2.05, 4.69) is 5.32 Å². The van der Waals surface area contributed by atoms with Crippen LogP contribution in [0.4, 0.5) is 11.4 Å². The molecule has 1 aliphatic heterocycles. The van der Waals surface area contributed by atoms with Crippen molar-refractivity contribution in [3.63, 3.8) is 0 Å². The summed E-state index contributed by atoms with van der Waals surface area (Å²) in [6, 6.07) is 16.1. The Kier molecular flexibility index (Phi) is 4.98. The zero-order chi connectivity index (χ0) is 19.8. The summed E-state index contributed by atoms with van der Waals surface area (Å²) in [6.45, 7) is 1.96. The number of rotatable bonds is 4. The third kappa shape index (κ3) is 3.22. The zero-order valence-corrected chi connectivity index (χ0v) is 17.0. The second-order valence-corrected chi connectivity index (χ2v) is 7.97. The number of benzene rings is 2. The van der Waals surface area contributed by atoms with E-state index in [4.69, 9.17) is 23.2 Å². The molecular weight excluding hydrogens is 415 g/mol. The predicted molar refractivity (Wildman–Crippen MR) is 115 cm³/mol. The van der Waals surface area contributed by atoms with Crippen LogP contribution < -0.4 is 10.2 Å². The summed E-state index contributed by atoms with van der Waals surface area (Å²) in [6.07, 6.45) is 0. The third-order valence-electron chi connectivity index (χ3n) is 4.31. The van der Waals surface area contributed by atoms with Gasteiger partial charge in [0.15, 0.2) is 0 Å². The molecule has 0 aliphatic carbocycles. The summed E-state index contributed by atoms with van der Waals surface area (Å²) in [5, 5.41) is 5.43. The lowest BCUT2D eigenvalue weighted by atomic mass is 10.1. The standard InChI is InChI=1S/C21H14Cl2N2O2S/c1-12-5-2-6-13(11-12)24-19-17(16-9-4-10-28-16)20(26)25(21(19)27)15-8-3-7-14(22)18(15)23/h2-11,24H,1H3. The van der Waals surface area contributed by atoms with Crippen molar-refractivity contribution in [3.8, 4) is 0 Å². The van der Waals surface area contributed by atoms with Crippen molar-refractivity contribution in [1.82, 2.24) is 0 Å². The summed E-state index contributed by atoms with van der Waals surface area (Å²) < 4.78 is 0. The number of halogens is 2. The van der Waals surface area contributed by atoms with Crippen LogP contribution in [0.1, 0.15) is 10.4 Å². The summed E-state index contributed by atoms with van der Waals surface area (Å²) in [5.41, 5.74) is 2.56. The normalized spacial score (nSPS) is 14.2. The number of thiophene rings is 1. The van der Waals surface area contributed by atoms with Gasteiger partial charge < -0.3 is 5.32 Å². The first kappa shape index (κ1) is 18.7. The van der Waals surface area contributed by atoms with Gasteiger partial charge in [-0.2, -0.15) is 0 Å². The number of carbonyl (C=O) groups is 2. The van der Waals surface area contributed by atoms with Gasteiger partial charge in [-0.1, -0.05) is 47.5 Å². The lowest BCUT2D eigenvalue weighted by Gasteiger charge is -2.17. The molecule has 0 bridgehead atoms. The molecule has 0 saturated carbocycles. The van der Waals surface area contributed by atoms with Crippen LogP contribution in [0.15, 0.2) is 65.7 Å². The molecule has 0 atom stereocenters. The van der Waals surface area contributed by atoms with Crippen molar-refractivity contribution in [2.45, 2.75) is 6.92 Å². The summed E-state index contributed by atoms with van der Waals surface area (Å²) in [5.74, 6) is -0.911. The number of carbonyl (C=O) groups excluding carboxylic acids is 2. The molecule has 4 rings (SSSR count). The minimum Gasteiger partial charge on any atom is -0.350 e. The molecule has 28 heavy (non-hydrogen) atoms. The lowest BCUT2D eigenvalue weighted by molar-refractivity contribution is -0.120. The Balaban J connectivity index is 1.83. The van der Waals surface area contributed by atoms with E-state index in [1.165, 1.54) is 11.3 Å². The van der Waals surface area contributed by atoms with Gasteiger partial charge in [-0.3, -0.25) is 9.59 Å². The van der Waals surface area contributed by atoms with Gasteiger partial charge >= 0.3 is 0 Å². The first-order chi connectivity index (χ1) is 13.5. The van der Waals surface area contributed by atoms with Gasteiger partial charge in [0.25, 0.3) is 11.8 Å². The average Bonchev–Trinajstić information content (AvgIpc) is 3.26. The van der Waals surface area contributed by atoms with Crippen LogP contribution in [0.25, 0.3) is 5.57 Å². The fraction of sp³-hybridized carbons (Fsp3) is 0.0476.